The topological polar surface area (TPSA) is 65.0 Å². The van der Waals surface area contributed by atoms with Gasteiger partial charge in [0.05, 0.1) is 7.11 Å². The lowest BCUT2D eigenvalue weighted by atomic mass is 10.1. The smallest absolute Gasteiger partial charge is 0.193 e. The van der Waals surface area contributed by atoms with E-state index in [1.54, 1.807) is 30.3 Å². The Hall–Kier alpha value is -2.95. The molecule has 1 heterocycles. The molecule has 0 radical (unpaired) electrons. The van der Waals surface area contributed by atoms with E-state index in [1.807, 2.05) is 6.07 Å². The zero-order valence-electron chi connectivity index (χ0n) is 12.6. The summed E-state index contributed by atoms with van der Waals surface area (Å²) in [7, 11) is 1.45. The Labute approximate surface area is 133 Å². The number of phenolic OH excluding ortho intramolecular Hbond substituents is 1. The van der Waals surface area contributed by atoms with E-state index in [9.17, 15) is 9.90 Å². The molecule has 0 aliphatic carbocycles. The van der Waals surface area contributed by atoms with Crippen LogP contribution in [-0.2, 0) is 0 Å². The van der Waals surface area contributed by atoms with E-state index >= 15 is 0 Å². The number of phenols is 1. The number of allylic oxidation sites excluding steroid dienone is 1. The summed E-state index contributed by atoms with van der Waals surface area (Å²) >= 11 is 0. The lowest BCUT2D eigenvalue weighted by Gasteiger charge is -2.18. The minimum Gasteiger partial charge on any atom is -0.507 e. The highest BCUT2D eigenvalue weighted by Crippen LogP contribution is 2.32. The molecule has 0 bridgehead atoms. The largest absolute Gasteiger partial charge is 0.507 e. The molecule has 1 N–H and O–H groups in total. The molecule has 5 nitrogen and oxygen atoms in total. The molecule has 5 heteroatoms. The fourth-order valence-electron chi connectivity index (χ4n) is 2.36. The van der Waals surface area contributed by atoms with Crippen molar-refractivity contribution in [3.05, 3.63) is 53.6 Å². The molecular weight excluding hydrogens is 296 g/mol. The fraction of sp³-hybridized carbons (Fsp3) is 0.167. The lowest BCUT2D eigenvalue weighted by molar-refractivity contribution is 0.104. The van der Waals surface area contributed by atoms with Crippen LogP contribution in [-0.4, -0.2) is 31.2 Å². The van der Waals surface area contributed by atoms with E-state index in [1.165, 1.54) is 19.3 Å². The highest BCUT2D eigenvalue weighted by atomic mass is 16.6. The molecule has 0 fully saturated rings. The Balaban J connectivity index is 1.84. The van der Waals surface area contributed by atoms with Gasteiger partial charge in [0.15, 0.2) is 17.3 Å². The highest BCUT2D eigenvalue weighted by Gasteiger charge is 2.15. The maximum absolute atomic E-state index is 12.3. The quantitative estimate of drug-likeness (QED) is 0.694. The summed E-state index contributed by atoms with van der Waals surface area (Å²) in [5.41, 5.74) is 0.945. The Morgan fingerprint density at radius 3 is 2.74 bits per heavy atom. The summed E-state index contributed by atoms with van der Waals surface area (Å²) in [5, 5.41) is 9.88. The van der Waals surface area contributed by atoms with E-state index < -0.39 is 0 Å². The first-order valence-electron chi connectivity index (χ1n) is 7.17. The number of hydrogen-bond donors (Lipinski definition) is 1. The number of ketones is 1. The van der Waals surface area contributed by atoms with E-state index in [-0.39, 0.29) is 17.1 Å². The molecule has 0 spiro atoms. The van der Waals surface area contributed by atoms with Crippen molar-refractivity contribution >= 4 is 11.9 Å². The first-order chi connectivity index (χ1) is 11.2. The third kappa shape index (κ3) is 3.13. The molecule has 23 heavy (non-hydrogen) atoms. The van der Waals surface area contributed by atoms with Crippen molar-refractivity contribution in [1.29, 1.82) is 0 Å². The Kier molecular flexibility index (Phi) is 4.19. The summed E-state index contributed by atoms with van der Waals surface area (Å²) in [5.74, 6) is 1.24. The third-order valence-electron chi connectivity index (χ3n) is 3.46. The van der Waals surface area contributed by atoms with Crippen molar-refractivity contribution in [2.75, 3.05) is 20.3 Å². The number of hydrogen-bond acceptors (Lipinski definition) is 5. The van der Waals surface area contributed by atoms with Gasteiger partial charge in [0.1, 0.15) is 30.3 Å². The van der Waals surface area contributed by atoms with E-state index in [4.69, 9.17) is 14.2 Å². The monoisotopic (exact) mass is 312 g/mol. The van der Waals surface area contributed by atoms with Gasteiger partial charge in [-0.25, -0.2) is 0 Å². The van der Waals surface area contributed by atoms with Gasteiger partial charge in [-0.3, -0.25) is 4.79 Å². The Morgan fingerprint density at radius 2 is 1.96 bits per heavy atom. The molecule has 0 saturated heterocycles. The maximum Gasteiger partial charge on any atom is 0.193 e. The molecule has 0 saturated carbocycles. The van der Waals surface area contributed by atoms with Crippen molar-refractivity contribution in [3.8, 4) is 23.0 Å². The normalized spacial score (nSPS) is 13.1. The summed E-state index contributed by atoms with van der Waals surface area (Å²) in [4.78, 5) is 12.3. The number of carbonyl (C=O) groups excluding carboxylic acids is 1. The number of methoxy groups -OCH3 is 1. The van der Waals surface area contributed by atoms with Gasteiger partial charge in [-0.2, -0.15) is 0 Å². The van der Waals surface area contributed by atoms with Crippen LogP contribution >= 0.6 is 0 Å². The van der Waals surface area contributed by atoms with Crippen LogP contribution in [0.1, 0.15) is 15.9 Å². The van der Waals surface area contributed by atoms with Gasteiger partial charge < -0.3 is 19.3 Å². The molecule has 0 atom stereocenters. The first kappa shape index (κ1) is 15.0. The van der Waals surface area contributed by atoms with Crippen molar-refractivity contribution in [2.24, 2.45) is 0 Å². The molecule has 2 aromatic carbocycles. The van der Waals surface area contributed by atoms with Crippen molar-refractivity contribution in [3.63, 3.8) is 0 Å². The van der Waals surface area contributed by atoms with Gasteiger partial charge in [-0.1, -0.05) is 18.2 Å². The van der Waals surface area contributed by atoms with Gasteiger partial charge in [0.2, 0.25) is 0 Å². The number of carbonyl (C=O) groups is 1. The Bertz CT molecular complexity index is 764. The number of rotatable bonds is 4. The zero-order chi connectivity index (χ0) is 16.2. The van der Waals surface area contributed by atoms with E-state index in [0.29, 0.717) is 30.5 Å². The standard InChI is InChI=1S/C18H16O5/c1-21-16-4-2-3-13(19)18(16)14(20)7-5-12-6-8-15-17(11-12)23-10-9-22-15/h2-8,11,19H,9-10H2,1H3/b7-5+. The van der Waals surface area contributed by atoms with Gasteiger partial charge in [0.25, 0.3) is 0 Å². The number of aromatic hydroxyl groups is 1. The first-order valence-corrected chi connectivity index (χ1v) is 7.17. The Morgan fingerprint density at radius 1 is 1.17 bits per heavy atom. The van der Waals surface area contributed by atoms with Crippen molar-refractivity contribution in [2.45, 2.75) is 0 Å². The predicted molar refractivity (Wildman–Crippen MR) is 85.5 cm³/mol. The molecule has 118 valence electrons. The number of fused-ring (bicyclic) bond motifs is 1. The molecule has 0 aromatic heterocycles. The minimum absolute atomic E-state index is 0.110. The summed E-state index contributed by atoms with van der Waals surface area (Å²) in [6, 6.07) is 10.1. The van der Waals surface area contributed by atoms with Gasteiger partial charge in [-0.05, 0) is 35.9 Å². The van der Waals surface area contributed by atoms with Gasteiger partial charge in [0, 0.05) is 0 Å². The maximum atomic E-state index is 12.3. The van der Waals surface area contributed by atoms with Crippen LogP contribution in [0.3, 0.4) is 0 Å². The van der Waals surface area contributed by atoms with Crippen LogP contribution in [0.4, 0.5) is 0 Å². The number of benzene rings is 2. The second-order valence-corrected chi connectivity index (χ2v) is 4.96. The lowest BCUT2D eigenvalue weighted by Crippen LogP contribution is -2.15. The van der Waals surface area contributed by atoms with Crippen molar-refractivity contribution < 1.29 is 24.1 Å². The van der Waals surface area contributed by atoms with Crippen LogP contribution < -0.4 is 14.2 Å². The third-order valence-corrected chi connectivity index (χ3v) is 3.46. The summed E-state index contributed by atoms with van der Waals surface area (Å²) in [6.07, 6.45) is 3.05. The molecule has 1 aliphatic heterocycles. The molecule has 2 aromatic rings. The zero-order valence-corrected chi connectivity index (χ0v) is 12.6. The van der Waals surface area contributed by atoms with Crippen molar-refractivity contribution in [1.82, 2.24) is 0 Å². The molecule has 3 rings (SSSR count). The van der Waals surface area contributed by atoms with Crippen LogP contribution in [0.2, 0.25) is 0 Å². The van der Waals surface area contributed by atoms with Crippen LogP contribution in [0, 0.1) is 0 Å². The number of ether oxygens (including phenoxy) is 3. The summed E-state index contributed by atoms with van der Waals surface area (Å²) in [6.45, 7) is 1.04. The molecule has 0 amide bonds. The molecule has 0 unspecified atom stereocenters. The highest BCUT2D eigenvalue weighted by molar-refractivity contribution is 6.10. The van der Waals surface area contributed by atoms with Crippen LogP contribution in [0.25, 0.3) is 6.08 Å². The van der Waals surface area contributed by atoms with Gasteiger partial charge in [-0.15, -0.1) is 0 Å². The van der Waals surface area contributed by atoms with Gasteiger partial charge >= 0.3 is 0 Å². The second kappa shape index (κ2) is 6.44. The predicted octanol–water partition coefficient (Wildman–Crippen LogP) is 3.07. The van der Waals surface area contributed by atoms with E-state index in [2.05, 4.69) is 0 Å². The average Bonchev–Trinajstić information content (AvgIpc) is 2.59. The molecular formula is C18H16O5. The average molecular weight is 312 g/mol. The second-order valence-electron chi connectivity index (χ2n) is 4.96. The molecule has 1 aliphatic rings. The summed E-state index contributed by atoms with van der Waals surface area (Å²) < 4.78 is 16.1. The van der Waals surface area contributed by atoms with Crippen LogP contribution in [0.15, 0.2) is 42.5 Å². The minimum atomic E-state index is -0.338. The SMILES string of the molecule is COc1cccc(O)c1C(=O)/C=C/c1ccc2c(c1)OCCO2. The van der Waals surface area contributed by atoms with E-state index in [0.717, 1.165) is 5.56 Å². The van der Waals surface area contributed by atoms with Crippen LogP contribution in [0.5, 0.6) is 23.0 Å². The fourth-order valence-corrected chi connectivity index (χ4v) is 2.36.